The van der Waals surface area contributed by atoms with Gasteiger partial charge in [0.05, 0.1) is 5.56 Å². The van der Waals surface area contributed by atoms with Gasteiger partial charge in [-0.15, -0.1) is 0 Å². The van der Waals surface area contributed by atoms with Crippen molar-refractivity contribution < 1.29 is 28.6 Å². The summed E-state index contributed by atoms with van der Waals surface area (Å²) in [5, 5.41) is 1.77. The van der Waals surface area contributed by atoms with Crippen molar-refractivity contribution in [3.05, 3.63) is 175 Å². The van der Waals surface area contributed by atoms with Gasteiger partial charge in [0, 0.05) is 11.1 Å². The quantitative estimate of drug-likeness (QED) is 0.0441. The number of carbonyl (C=O) groups is 3. The van der Waals surface area contributed by atoms with E-state index in [0.717, 1.165) is 33.0 Å². The number of hydrogen-bond donors (Lipinski definition) is 0. The molecule has 0 spiro atoms. The zero-order valence-electron chi connectivity index (χ0n) is 25.9. The molecule has 48 heavy (non-hydrogen) atoms. The molecule has 6 rings (SSSR count). The molecule has 6 aromatic carbocycles. The van der Waals surface area contributed by atoms with Crippen molar-refractivity contribution in [2.75, 3.05) is 6.79 Å². The normalized spacial score (nSPS) is 10.6. The smallest absolute Gasteiger partial charge is 0.343 e. The molecule has 0 heterocycles. The van der Waals surface area contributed by atoms with E-state index in [1.807, 2.05) is 84.9 Å². The molecule has 0 aliphatic carbocycles. The number of carbonyl (C=O) groups excluding carboxylic acids is 3. The van der Waals surface area contributed by atoms with Crippen molar-refractivity contribution >= 4 is 28.3 Å². The lowest BCUT2D eigenvalue weighted by Gasteiger charge is -2.11. The number of allylic oxidation sites excluding steroid dienone is 2. The molecule has 0 aliphatic heterocycles. The van der Waals surface area contributed by atoms with Crippen molar-refractivity contribution in [2.45, 2.75) is 0 Å². The predicted octanol–water partition coefficient (Wildman–Crippen LogP) is 9.55. The van der Waals surface area contributed by atoms with Crippen molar-refractivity contribution in [1.29, 1.82) is 0 Å². The van der Waals surface area contributed by atoms with E-state index in [1.165, 1.54) is 12.2 Å². The number of hydrogen-bond acceptors (Lipinski definition) is 6. The highest BCUT2D eigenvalue weighted by Gasteiger charge is 2.11. The second kappa shape index (κ2) is 14.3. The lowest BCUT2D eigenvalue weighted by atomic mass is 10.0. The second-order valence-electron chi connectivity index (χ2n) is 10.9. The van der Waals surface area contributed by atoms with E-state index < -0.39 is 5.97 Å². The molecule has 0 aliphatic rings. The molecule has 0 saturated heterocycles. The van der Waals surface area contributed by atoms with Gasteiger partial charge >= 0.3 is 5.97 Å². The van der Waals surface area contributed by atoms with Crippen LogP contribution in [-0.4, -0.2) is 24.3 Å². The fraction of sp³-hybridized carbons (Fsp3) is 0.0238. The molecule has 0 N–H and O–H groups in total. The molecule has 0 saturated carbocycles. The Labute approximate surface area is 278 Å². The van der Waals surface area contributed by atoms with E-state index in [-0.39, 0.29) is 18.4 Å². The zero-order chi connectivity index (χ0) is 33.5. The predicted molar refractivity (Wildman–Crippen MR) is 188 cm³/mol. The van der Waals surface area contributed by atoms with Crippen LogP contribution in [0.5, 0.6) is 17.2 Å². The number of benzene rings is 6. The van der Waals surface area contributed by atoms with E-state index >= 15 is 0 Å². The van der Waals surface area contributed by atoms with Gasteiger partial charge < -0.3 is 14.2 Å². The van der Waals surface area contributed by atoms with Gasteiger partial charge in [0.1, 0.15) is 17.2 Å². The summed E-state index contributed by atoms with van der Waals surface area (Å²) in [5.41, 5.74) is 5.47. The first-order chi connectivity index (χ1) is 23.4. The van der Waals surface area contributed by atoms with Gasteiger partial charge in [0.25, 0.3) is 0 Å². The minimum atomic E-state index is -0.462. The van der Waals surface area contributed by atoms with Gasteiger partial charge in [-0.1, -0.05) is 98.1 Å². The van der Waals surface area contributed by atoms with Crippen LogP contribution in [0.3, 0.4) is 0 Å². The van der Waals surface area contributed by atoms with Crippen LogP contribution in [0.25, 0.3) is 33.0 Å². The summed E-state index contributed by atoms with van der Waals surface area (Å²) in [7, 11) is 0. The Balaban J connectivity index is 1.02. The molecule has 0 amide bonds. The third kappa shape index (κ3) is 7.30. The highest BCUT2D eigenvalue weighted by Crippen LogP contribution is 2.27. The van der Waals surface area contributed by atoms with Crippen LogP contribution >= 0.6 is 0 Å². The molecule has 0 radical (unpaired) electrons. The monoisotopic (exact) mass is 630 g/mol. The molecular formula is C42H30O6. The highest BCUT2D eigenvalue weighted by molar-refractivity contribution is 6.05. The zero-order valence-corrected chi connectivity index (χ0v) is 25.9. The minimum absolute atomic E-state index is 0.0205. The Bertz CT molecular complexity index is 2130. The first-order valence-corrected chi connectivity index (χ1v) is 15.2. The highest BCUT2D eigenvalue weighted by atomic mass is 16.7. The molecule has 0 unspecified atom stereocenters. The first kappa shape index (κ1) is 31.5. The van der Waals surface area contributed by atoms with Crippen LogP contribution in [-0.2, 0) is 0 Å². The van der Waals surface area contributed by atoms with Crippen LogP contribution in [0.15, 0.2) is 159 Å². The average molecular weight is 631 g/mol. The molecule has 6 nitrogen and oxygen atoms in total. The standard InChI is InChI=1S/C42H30O6/c1-3-40(43)32-9-5-28(6-10-32)30-15-20-37(21-16-30)46-27-47-39-24-19-34-25-36(14-13-35(34)26-39)42(45)48-38-22-17-31(18-23-38)29-7-11-33(12-8-29)41(44)4-2/h3-26H,1-2,27H2. The lowest BCUT2D eigenvalue weighted by molar-refractivity contribution is 0.0734. The van der Waals surface area contributed by atoms with Crippen LogP contribution in [0, 0.1) is 0 Å². The van der Waals surface area contributed by atoms with Gasteiger partial charge in [-0.25, -0.2) is 4.79 Å². The number of esters is 1. The van der Waals surface area contributed by atoms with E-state index in [1.54, 1.807) is 48.5 Å². The molecule has 6 heteroatoms. The first-order valence-electron chi connectivity index (χ1n) is 15.2. The summed E-state index contributed by atoms with van der Waals surface area (Å²) in [6.07, 6.45) is 2.59. The van der Waals surface area contributed by atoms with E-state index in [2.05, 4.69) is 13.2 Å². The Kier molecular flexibility index (Phi) is 9.35. The average Bonchev–Trinajstić information content (AvgIpc) is 3.14. The van der Waals surface area contributed by atoms with Gasteiger partial charge in [-0.2, -0.15) is 0 Å². The molecule has 0 bridgehead atoms. The number of ketones is 2. The van der Waals surface area contributed by atoms with Crippen LogP contribution in [0.1, 0.15) is 31.1 Å². The maximum Gasteiger partial charge on any atom is 0.343 e. The van der Waals surface area contributed by atoms with Crippen molar-refractivity contribution in [2.24, 2.45) is 0 Å². The Morgan fingerprint density at radius 2 is 0.854 bits per heavy atom. The van der Waals surface area contributed by atoms with Crippen LogP contribution in [0.2, 0.25) is 0 Å². The lowest BCUT2D eigenvalue weighted by Crippen LogP contribution is -2.08. The number of ether oxygens (including phenoxy) is 3. The fourth-order valence-corrected chi connectivity index (χ4v) is 5.12. The van der Waals surface area contributed by atoms with Crippen molar-refractivity contribution in [3.8, 4) is 39.5 Å². The Hall–Kier alpha value is -6.53. The largest absolute Gasteiger partial charge is 0.458 e. The van der Waals surface area contributed by atoms with Gasteiger partial charge in [0.2, 0.25) is 6.79 Å². The molecule has 0 fully saturated rings. The summed E-state index contributed by atoms with van der Waals surface area (Å²) < 4.78 is 17.2. The Morgan fingerprint density at radius 1 is 0.458 bits per heavy atom. The number of rotatable bonds is 12. The van der Waals surface area contributed by atoms with E-state index in [4.69, 9.17) is 14.2 Å². The fourth-order valence-electron chi connectivity index (χ4n) is 5.12. The Morgan fingerprint density at radius 3 is 1.38 bits per heavy atom. The summed E-state index contributed by atoms with van der Waals surface area (Å²) in [6.45, 7) is 7.06. The van der Waals surface area contributed by atoms with E-state index in [0.29, 0.717) is 33.9 Å². The third-order valence-electron chi connectivity index (χ3n) is 7.79. The van der Waals surface area contributed by atoms with Gasteiger partial charge in [-0.05, 0) is 93.7 Å². The maximum atomic E-state index is 12.9. The van der Waals surface area contributed by atoms with Crippen LogP contribution in [0.4, 0.5) is 0 Å². The summed E-state index contributed by atoms with van der Waals surface area (Å²) >= 11 is 0. The molecule has 0 aromatic heterocycles. The van der Waals surface area contributed by atoms with Crippen molar-refractivity contribution in [1.82, 2.24) is 0 Å². The van der Waals surface area contributed by atoms with Crippen LogP contribution < -0.4 is 14.2 Å². The maximum absolute atomic E-state index is 12.9. The molecular weight excluding hydrogens is 600 g/mol. The molecule has 0 atom stereocenters. The minimum Gasteiger partial charge on any atom is -0.458 e. The van der Waals surface area contributed by atoms with Gasteiger partial charge in [-0.3, -0.25) is 9.59 Å². The molecule has 234 valence electrons. The topological polar surface area (TPSA) is 78.9 Å². The third-order valence-corrected chi connectivity index (χ3v) is 7.79. The van der Waals surface area contributed by atoms with Crippen molar-refractivity contribution in [3.63, 3.8) is 0 Å². The summed E-state index contributed by atoms with van der Waals surface area (Å²) in [4.78, 5) is 36.5. The molecule has 6 aromatic rings. The summed E-state index contributed by atoms with van der Waals surface area (Å²) in [5.74, 6) is 1.02. The SMILES string of the molecule is C=CC(=O)c1ccc(-c2ccc(OCOc3ccc4cc(C(=O)Oc5ccc(-c6ccc(C(=O)C=C)cc6)cc5)ccc4c3)cc2)cc1. The second-order valence-corrected chi connectivity index (χ2v) is 10.9. The van der Waals surface area contributed by atoms with E-state index in [9.17, 15) is 14.4 Å². The van der Waals surface area contributed by atoms with Gasteiger partial charge in [0.15, 0.2) is 11.6 Å². The number of fused-ring (bicyclic) bond motifs is 1. The summed E-state index contributed by atoms with van der Waals surface area (Å²) in [6, 6.07) is 40.4.